The number of rotatable bonds is 8. The summed E-state index contributed by atoms with van der Waals surface area (Å²) < 4.78 is 20.5. The SMILES string of the molecule is COc1ccc(C(=O)/C=C/c2cc(OC)c(OC)cc2[N+](=O)[O-])cc1OC. The highest BCUT2D eigenvalue weighted by Gasteiger charge is 2.18. The number of methoxy groups -OCH3 is 4. The number of nitro groups is 1. The Bertz CT molecular complexity index is 890. The first-order valence-electron chi connectivity index (χ1n) is 7.80. The average Bonchev–Trinajstić information content (AvgIpc) is 2.70. The molecule has 0 radical (unpaired) electrons. The summed E-state index contributed by atoms with van der Waals surface area (Å²) in [6.45, 7) is 0. The van der Waals surface area contributed by atoms with E-state index in [2.05, 4.69) is 0 Å². The lowest BCUT2D eigenvalue weighted by Gasteiger charge is -2.09. The third-order valence-electron chi connectivity index (χ3n) is 3.81. The second kappa shape index (κ2) is 8.70. The number of hydrogen-bond donors (Lipinski definition) is 0. The van der Waals surface area contributed by atoms with Crippen LogP contribution in [0.5, 0.6) is 23.0 Å². The van der Waals surface area contributed by atoms with Crippen molar-refractivity contribution in [1.82, 2.24) is 0 Å². The first kappa shape index (κ1) is 19.8. The van der Waals surface area contributed by atoms with Crippen LogP contribution < -0.4 is 18.9 Å². The number of carbonyl (C=O) groups excluding carboxylic acids is 1. The number of allylic oxidation sites excluding steroid dienone is 1. The molecule has 8 heteroatoms. The molecule has 0 atom stereocenters. The Kier molecular flexibility index (Phi) is 6.37. The predicted octanol–water partition coefficient (Wildman–Crippen LogP) is 3.53. The number of hydrogen-bond acceptors (Lipinski definition) is 7. The molecule has 0 fully saturated rings. The third kappa shape index (κ3) is 4.35. The van der Waals surface area contributed by atoms with Crippen molar-refractivity contribution in [1.29, 1.82) is 0 Å². The van der Waals surface area contributed by atoms with Crippen molar-refractivity contribution >= 4 is 17.5 Å². The van der Waals surface area contributed by atoms with Gasteiger partial charge >= 0.3 is 0 Å². The summed E-state index contributed by atoms with van der Waals surface area (Å²) in [4.78, 5) is 23.2. The maximum atomic E-state index is 12.4. The van der Waals surface area contributed by atoms with Gasteiger partial charge in [0.15, 0.2) is 28.8 Å². The second-order valence-electron chi connectivity index (χ2n) is 5.29. The molecule has 0 amide bonds. The highest BCUT2D eigenvalue weighted by molar-refractivity contribution is 6.07. The first-order valence-corrected chi connectivity index (χ1v) is 7.80. The first-order chi connectivity index (χ1) is 12.9. The number of nitrogens with zero attached hydrogens (tertiary/aromatic N) is 1. The minimum Gasteiger partial charge on any atom is -0.493 e. The fourth-order valence-electron chi connectivity index (χ4n) is 2.43. The van der Waals surface area contributed by atoms with Gasteiger partial charge in [-0.2, -0.15) is 0 Å². The van der Waals surface area contributed by atoms with Gasteiger partial charge in [0.05, 0.1) is 45.0 Å². The number of nitro benzene ring substituents is 1. The van der Waals surface area contributed by atoms with E-state index < -0.39 is 4.92 Å². The normalized spacial score (nSPS) is 10.5. The Balaban J connectivity index is 2.39. The van der Waals surface area contributed by atoms with Gasteiger partial charge in [-0.1, -0.05) is 0 Å². The van der Waals surface area contributed by atoms with Crippen LogP contribution >= 0.6 is 0 Å². The molecule has 0 aliphatic rings. The lowest BCUT2D eigenvalue weighted by molar-refractivity contribution is -0.385. The molecule has 0 unspecified atom stereocenters. The summed E-state index contributed by atoms with van der Waals surface area (Å²) in [6, 6.07) is 7.42. The molecule has 27 heavy (non-hydrogen) atoms. The fourth-order valence-corrected chi connectivity index (χ4v) is 2.43. The van der Waals surface area contributed by atoms with Crippen molar-refractivity contribution in [3.8, 4) is 23.0 Å². The van der Waals surface area contributed by atoms with Gasteiger partial charge in [0.1, 0.15) is 0 Å². The van der Waals surface area contributed by atoms with Crippen LogP contribution in [-0.4, -0.2) is 39.1 Å². The van der Waals surface area contributed by atoms with Crippen LogP contribution in [0.15, 0.2) is 36.4 Å². The molecular weight excluding hydrogens is 354 g/mol. The molecule has 142 valence electrons. The molecule has 0 heterocycles. The molecule has 0 aliphatic carbocycles. The maximum Gasteiger partial charge on any atom is 0.280 e. The van der Waals surface area contributed by atoms with E-state index in [9.17, 15) is 14.9 Å². The smallest absolute Gasteiger partial charge is 0.280 e. The summed E-state index contributed by atoms with van der Waals surface area (Å²) in [5.41, 5.74) is 0.363. The molecule has 2 aromatic carbocycles. The van der Waals surface area contributed by atoms with Gasteiger partial charge in [0, 0.05) is 5.56 Å². The summed E-state index contributed by atoms with van der Waals surface area (Å²) in [6.07, 6.45) is 2.61. The monoisotopic (exact) mass is 373 g/mol. The van der Waals surface area contributed by atoms with Crippen molar-refractivity contribution in [2.24, 2.45) is 0 Å². The average molecular weight is 373 g/mol. The summed E-state index contributed by atoms with van der Waals surface area (Å²) in [5, 5.41) is 11.3. The van der Waals surface area contributed by atoms with E-state index >= 15 is 0 Å². The van der Waals surface area contributed by atoms with E-state index in [0.717, 1.165) is 0 Å². The highest BCUT2D eigenvalue weighted by atomic mass is 16.6. The summed E-state index contributed by atoms with van der Waals surface area (Å²) in [7, 11) is 5.77. The molecule has 2 aromatic rings. The molecular formula is C19H19NO7. The minimum atomic E-state index is -0.553. The molecule has 0 bridgehead atoms. The quantitative estimate of drug-likeness (QED) is 0.302. The Hall–Kier alpha value is -3.55. The zero-order chi connectivity index (χ0) is 20.0. The van der Waals surface area contributed by atoms with Crippen molar-refractivity contribution < 1.29 is 28.7 Å². The fraction of sp³-hybridized carbons (Fsp3) is 0.211. The lowest BCUT2D eigenvalue weighted by atomic mass is 10.1. The van der Waals surface area contributed by atoms with Crippen LogP contribution in [0.25, 0.3) is 6.08 Å². The standard InChI is InChI=1S/C19H19NO7/c1-24-16-8-6-13(10-17(16)25-2)15(21)7-5-12-9-18(26-3)19(27-4)11-14(12)20(22)23/h5-11H,1-4H3/b7-5+. The highest BCUT2D eigenvalue weighted by Crippen LogP contribution is 2.35. The van der Waals surface area contributed by atoms with Crippen LogP contribution in [-0.2, 0) is 0 Å². The molecule has 0 saturated heterocycles. The van der Waals surface area contributed by atoms with E-state index in [0.29, 0.717) is 22.8 Å². The van der Waals surface area contributed by atoms with Gasteiger partial charge in [0.2, 0.25) is 0 Å². The van der Waals surface area contributed by atoms with Crippen molar-refractivity contribution in [3.05, 3.63) is 57.6 Å². The van der Waals surface area contributed by atoms with Crippen LogP contribution in [0, 0.1) is 10.1 Å². The molecule has 2 rings (SSSR count). The van der Waals surface area contributed by atoms with Crippen molar-refractivity contribution in [3.63, 3.8) is 0 Å². The molecule has 0 N–H and O–H groups in total. The van der Waals surface area contributed by atoms with Crippen LogP contribution in [0.3, 0.4) is 0 Å². The predicted molar refractivity (Wildman–Crippen MR) is 99.1 cm³/mol. The number of benzene rings is 2. The summed E-state index contributed by atoms with van der Waals surface area (Å²) >= 11 is 0. The van der Waals surface area contributed by atoms with Crippen LogP contribution in [0.4, 0.5) is 5.69 Å². The van der Waals surface area contributed by atoms with Gasteiger partial charge < -0.3 is 18.9 Å². The Morgan fingerprint density at radius 1 is 0.889 bits per heavy atom. The van der Waals surface area contributed by atoms with Crippen LogP contribution in [0.1, 0.15) is 15.9 Å². The topological polar surface area (TPSA) is 97.1 Å². The van der Waals surface area contributed by atoms with E-state index in [1.54, 1.807) is 12.1 Å². The minimum absolute atomic E-state index is 0.205. The summed E-state index contributed by atoms with van der Waals surface area (Å²) in [5.74, 6) is 1.11. The van der Waals surface area contributed by atoms with E-state index in [4.69, 9.17) is 18.9 Å². The maximum absolute atomic E-state index is 12.4. The molecule has 0 saturated carbocycles. The molecule has 0 aromatic heterocycles. The molecule has 0 aliphatic heterocycles. The van der Waals surface area contributed by atoms with E-state index in [1.807, 2.05) is 0 Å². The van der Waals surface area contributed by atoms with Gasteiger partial charge in [-0.3, -0.25) is 14.9 Å². The lowest BCUT2D eigenvalue weighted by Crippen LogP contribution is -1.99. The van der Waals surface area contributed by atoms with E-state index in [1.165, 1.54) is 58.8 Å². The third-order valence-corrected chi connectivity index (χ3v) is 3.81. The second-order valence-corrected chi connectivity index (χ2v) is 5.29. The zero-order valence-electron chi connectivity index (χ0n) is 15.3. The number of ketones is 1. The van der Waals surface area contributed by atoms with Gasteiger partial charge in [-0.25, -0.2) is 0 Å². The number of carbonyl (C=O) groups is 1. The molecule has 0 spiro atoms. The van der Waals surface area contributed by atoms with E-state index in [-0.39, 0.29) is 22.8 Å². The van der Waals surface area contributed by atoms with Gasteiger partial charge in [-0.15, -0.1) is 0 Å². The van der Waals surface area contributed by atoms with Crippen molar-refractivity contribution in [2.45, 2.75) is 0 Å². The van der Waals surface area contributed by atoms with Crippen molar-refractivity contribution in [2.75, 3.05) is 28.4 Å². The van der Waals surface area contributed by atoms with Crippen LogP contribution in [0.2, 0.25) is 0 Å². The number of ether oxygens (including phenoxy) is 4. The van der Waals surface area contributed by atoms with Gasteiger partial charge in [-0.05, 0) is 36.4 Å². The Labute approximate surface area is 156 Å². The zero-order valence-corrected chi connectivity index (χ0v) is 15.3. The van der Waals surface area contributed by atoms with Gasteiger partial charge in [0.25, 0.3) is 5.69 Å². The largest absolute Gasteiger partial charge is 0.493 e. The Morgan fingerprint density at radius 3 is 2.00 bits per heavy atom. The molecule has 8 nitrogen and oxygen atoms in total. The Morgan fingerprint density at radius 2 is 1.44 bits per heavy atom.